The molecule has 2 N–H and O–H groups in total. The van der Waals surface area contributed by atoms with Gasteiger partial charge in [0.2, 0.25) is 5.91 Å². The number of aryl methyl sites for hydroxylation is 1. The normalized spacial score (nSPS) is 24.4. The van der Waals surface area contributed by atoms with E-state index in [0.29, 0.717) is 6.42 Å². The topological polar surface area (TPSA) is 46.3 Å². The molecule has 0 aromatic heterocycles. The van der Waals surface area contributed by atoms with Gasteiger partial charge in [0.05, 0.1) is 6.04 Å². The van der Waals surface area contributed by atoms with E-state index in [1.165, 1.54) is 11.1 Å². The van der Waals surface area contributed by atoms with Crippen LogP contribution in [0.1, 0.15) is 43.4 Å². The van der Waals surface area contributed by atoms with Crippen LogP contribution < -0.4 is 5.73 Å². The van der Waals surface area contributed by atoms with Gasteiger partial charge in [-0.15, -0.1) is 0 Å². The first kappa shape index (κ1) is 13.1. The molecule has 0 radical (unpaired) electrons. The van der Waals surface area contributed by atoms with E-state index in [2.05, 4.69) is 26.0 Å². The third-order valence-electron chi connectivity index (χ3n) is 3.72. The van der Waals surface area contributed by atoms with Gasteiger partial charge in [0.15, 0.2) is 0 Å². The van der Waals surface area contributed by atoms with Gasteiger partial charge in [0, 0.05) is 19.0 Å². The number of benzene rings is 1. The molecule has 0 aliphatic carbocycles. The van der Waals surface area contributed by atoms with Crippen molar-refractivity contribution in [3.8, 4) is 0 Å². The lowest BCUT2D eigenvalue weighted by Gasteiger charge is -2.40. The molecule has 2 unspecified atom stereocenters. The minimum atomic E-state index is 0.0485. The van der Waals surface area contributed by atoms with Crippen LogP contribution in [-0.4, -0.2) is 23.4 Å². The molecule has 1 fully saturated rings. The van der Waals surface area contributed by atoms with Crippen LogP contribution >= 0.6 is 0 Å². The van der Waals surface area contributed by atoms with E-state index in [-0.39, 0.29) is 18.0 Å². The number of piperidine rings is 1. The monoisotopic (exact) mass is 246 g/mol. The van der Waals surface area contributed by atoms with Gasteiger partial charge in [-0.3, -0.25) is 4.79 Å². The molecule has 1 aromatic rings. The number of carbonyl (C=O) groups excluding carboxylic acids is 1. The second-order valence-electron chi connectivity index (χ2n) is 5.09. The number of amides is 1. The zero-order valence-corrected chi connectivity index (χ0v) is 11.2. The van der Waals surface area contributed by atoms with E-state index in [0.717, 1.165) is 19.4 Å². The maximum Gasteiger partial charge on any atom is 0.223 e. The molecule has 98 valence electrons. The van der Waals surface area contributed by atoms with Gasteiger partial charge >= 0.3 is 0 Å². The molecule has 18 heavy (non-hydrogen) atoms. The molecule has 0 spiro atoms. The fourth-order valence-electron chi connectivity index (χ4n) is 2.80. The van der Waals surface area contributed by atoms with E-state index < -0.39 is 0 Å². The largest absolute Gasteiger partial charge is 0.334 e. The predicted molar refractivity (Wildman–Crippen MR) is 73.1 cm³/mol. The average molecular weight is 246 g/mol. The predicted octanol–water partition coefficient (Wildman–Crippen LogP) is 2.40. The van der Waals surface area contributed by atoms with Gasteiger partial charge in [-0.05, 0) is 30.9 Å². The quantitative estimate of drug-likeness (QED) is 0.890. The summed E-state index contributed by atoms with van der Waals surface area (Å²) < 4.78 is 0. The zero-order valence-electron chi connectivity index (χ0n) is 11.2. The fourth-order valence-corrected chi connectivity index (χ4v) is 2.80. The Bertz CT molecular complexity index is 430. The van der Waals surface area contributed by atoms with Crippen molar-refractivity contribution in [2.24, 2.45) is 5.73 Å². The molecule has 1 saturated heterocycles. The Morgan fingerprint density at radius 1 is 1.39 bits per heavy atom. The van der Waals surface area contributed by atoms with Crippen molar-refractivity contribution in [2.45, 2.75) is 45.2 Å². The molecule has 1 aromatic carbocycles. The Morgan fingerprint density at radius 2 is 2.11 bits per heavy atom. The molecule has 0 saturated carbocycles. The van der Waals surface area contributed by atoms with Gasteiger partial charge in [0.1, 0.15) is 0 Å². The maximum atomic E-state index is 12.1. The van der Waals surface area contributed by atoms with Gasteiger partial charge in [-0.25, -0.2) is 0 Å². The molecule has 3 nitrogen and oxygen atoms in total. The summed E-state index contributed by atoms with van der Waals surface area (Å²) in [7, 11) is 0. The van der Waals surface area contributed by atoms with E-state index in [1.807, 2.05) is 17.0 Å². The number of carbonyl (C=O) groups is 1. The van der Waals surface area contributed by atoms with Gasteiger partial charge < -0.3 is 10.6 Å². The van der Waals surface area contributed by atoms with Crippen molar-refractivity contribution >= 4 is 5.91 Å². The second-order valence-corrected chi connectivity index (χ2v) is 5.09. The van der Waals surface area contributed by atoms with Crippen LogP contribution in [0.25, 0.3) is 0 Å². The van der Waals surface area contributed by atoms with Crippen molar-refractivity contribution in [2.75, 3.05) is 6.54 Å². The number of hydrogen-bond donors (Lipinski definition) is 1. The van der Waals surface area contributed by atoms with Gasteiger partial charge in [-0.2, -0.15) is 0 Å². The van der Waals surface area contributed by atoms with Crippen LogP contribution in [0.3, 0.4) is 0 Å². The van der Waals surface area contributed by atoms with Crippen LogP contribution in [0.4, 0.5) is 0 Å². The smallest absolute Gasteiger partial charge is 0.223 e. The number of hydrogen-bond acceptors (Lipinski definition) is 2. The van der Waals surface area contributed by atoms with Crippen LogP contribution in [0, 0.1) is 6.92 Å². The molecular weight excluding hydrogens is 224 g/mol. The van der Waals surface area contributed by atoms with E-state index in [1.54, 1.807) is 0 Å². The number of likely N-dealkylation sites (tertiary alicyclic amines) is 1. The molecule has 3 heteroatoms. The molecule has 1 amide bonds. The number of rotatable bonds is 3. The zero-order chi connectivity index (χ0) is 13.1. The summed E-state index contributed by atoms with van der Waals surface area (Å²) in [4.78, 5) is 14.1. The SMILES string of the molecule is CCCN1C(=O)CCC(N)C1c1ccccc1C. The average Bonchev–Trinajstić information content (AvgIpc) is 2.36. The summed E-state index contributed by atoms with van der Waals surface area (Å²) in [5, 5.41) is 0. The van der Waals surface area contributed by atoms with Gasteiger partial charge in [-0.1, -0.05) is 31.2 Å². The summed E-state index contributed by atoms with van der Waals surface area (Å²) >= 11 is 0. The highest BCUT2D eigenvalue weighted by molar-refractivity contribution is 5.78. The second kappa shape index (κ2) is 5.53. The third kappa shape index (κ3) is 2.41. The summed E-state index contributed by atoms with van der Waals surface area (Å²) in [5.74, 6) is 0.242. The third-order valence-corrected chi connectivity index (χ3v) is 3.72. The standard InChI is InChI=1S/C15H22N2O/c1-3-10-17-14(18)9-8-13(16)15(17)12-7-5-4-6-11(12)2/h4-7,13,15H,3,8-10,16H2,1-2H3. The molecule has 1 heterocycles. The lowest BCUT2D eigenvalue weighted by atomic mass is 9.88. The van der Waals surface area contributed by atoms with Crippen molar-refractivity contribution in [3.63, 3.8) is 0 Å². The fraction of sp³-hybridized carbons (Fsp3) is 0.533. The number of nitrogens with two attached hydrogens (primary N) is 1. The highest BCUT2D eigenvalue weighted by atomic mass is 16.2. The first-order valence-corrected chi connectivity index (χ1v) is 6.75. The van der Waals surface area contributed by atoms with E-state index in [4.69, 9.17) is 5.73 Å². The van der Waals surface area contributed by atoms with Crippen molar-refractivity contribution < 1.29 is 4.79 Å². The van der Waals surface area contributed by atoms with Crippen molar-refractivity contribution in [1.82, 2.24) is 4.90 Å². The first-order chi connectivity index (χ1) is 8.65. The molecule has 2 atom stereocenters. The van der Waals surface area contributed by atoms with Crippen molar-refractivity contribution in [3.05, 3.63) is 35.4 Å². The highest BCUT2D eigenvalue weighted by Gasteiger charge is 2.34. The van der Waals surface area contributed by atoms with E-state index in [9.17, 15) is 4.79 Å². The summed E-state index contributed by atoms with van der Waals surface area (Å²) in [5.41, 5.74) is 8.69. The number of nitrogens with zero attached hydrogens (tertiary/aromatic N) is 1. The maximum absolute atomic E-state index is 12.1. The minimum Gasteiger partial charge on any atom is -0.334 e. The summed E-state index contributed by atoms with van der Waals surface area (Å²) in [6, 6.07) is 8.34. The van der Waals surface area contributed by atoms with Crippen LogP contribution in [0.15, 0.2) is 24.3 Å². The lowest BCUT2D eigenvalue weighted by Crippen LogP contribution is -2.49. The Kier molecular flexibility index (Phi) is 4.02. The molecule has 2 rings (SSSR count). The Labute approximate surface area is 109 Å². The lowest BCUT2D eigenvalue weighted by molar-refractivity contribution is -0.137. The molecule has 1 aliphatic rings. The van der Waals surface area contributed by atoms with Gasteiger partial charge in [0.25, 0.3) is 0 Å². The Balaban J connectivity index is 2.36. The first-order valence-electron chi connectivity index (χ1n) is 6.75. The minimum absolute atomic E-state index is 0.0485. The van der Waals surface area contributed by atoms with Crippen LogP contribution in [-0.2, 0) is 4.79 Å². The Morgan fingerprint density at radius 3 is 2.78 bits per heavy atom. The molecule has 0 bridgehead atoms. The Hall–Kier alpha value is -1.35. The van der Waals surface area contributed by atoms with Crippen LogP contribution in [0.5, 0.6) is 0 Å². The summed E-state index contributed by atoms with van der Waals surface area (Å²) in [6.45, 7) is 4.99. The van der Waals surface area contributed by atoms with Crippen LogP contribution in [0.2, 0.25) is 0 Å². The molecular formula is C15H22N2O. The van der Waals surface area contributed by atoms with Crippen molar-refractivity contribution in [1.29, 1.82) is 0 Å². The highest BCUT2D eigenvalue weighted by Crippen LogP contribution is 2.32. The van der Waals surface area contributed by atoms with E-state index >= 15 is 0 Å². The summed E-state index contributed by atoms with van der Waals surface area (Å²) in [6.07, 6.45) is 2.35. The molecule has 1 aliphatic heterocycles.